The number of nitrogens with zero attached hydrogens (tertiary/aromatic N) is 2. The summed E-state index contributed by atoms with van der Waals surface area (Å²) in [6.45, 7) is 0.0679. The molecule has 118 valence electrons. The number of nitrogen functional groups attached to an aromatic ring is 1. The lowest BCUT2D eigenvalue weighted by atomic mass is 10.2. The maximum Gasteiger partial charge on any atom is 0.313 e. The number of nitrogens with two attached hydrogens (primary N) is 1. The Morgan fingerprint density at radius 3 is 2.65 bits per heavy atom. The first kappa shape index (κ1) is 14.8. The predicted molar refractivity (Wildman–Crippen MR) is 81.4 cm³/mol. The maximum atomic E-state index is 13.7. The molecule has 3 aromatic rings. The van der Waals surface area contributed by atoms with E-state index < -0.39 is 0 Å². The molecule has 23 heavy (non-hydrogen) atoms. The minimum atomic E-state index is -0.327. The van der Waals surface area contributed by atoms with Crippen molar-refractivity contribution in [1.82, 2.24) is 10.2 Å². The number of hydrogen-bond donors (Lipinski definition) is 1. The highest BCUT2D eigenvalue weighted by molar-refractivity contribution is 5.60. The van der Waals surface area contributed by atoms with Crippen LogP contribution in [-0.2, 0) is 6.61 Å². The number of methoxy groups -OCH3 is 1. The van der Waals surface area contributed by atoms with E-state index in [4.69, 9.17) is 19.6 Å². The lowest BCUT2D eigenvalue weighted by Gasteiger charge is -2.12. The van der Waals surface area contributed by atoms with Crippen molar-refractivity contribution in [3.8, 4) is 23.0 Å². The number of hydrogen-bond acceptors (Lipinski definition) is 6. The maximum absolute atomic E-state index is 13.7. The zero-order chi connectivity index (χ0) is 16.2. The van der Waals surface area contributed by atoms with Crippen molar-refractivity contribution in [1.29, 1.82) is 0 Å². The van der Waals surface area contributed by atoms with E-state index in [1.54, 1.807) is 36.4 Å². The van der Waals surface area contributed by atoms with Gasteiger partial charge in [0.2, 0.25) is 5.89 Å². The van der Waals surface area contributed by atoms with Crippen LogP contribution in [0, 0.1) is 5.82 Å². The Balaban J connectivity index is 1.86. The second kappa shape index (κ2) is 6.35. The Hall–Kier alpha value is -3.09. The number of rotatable bonds is 5. The van der Waals surface area contributed by atoms with Crippen molar-refractivity contribution in [2.75, 3.05) is 12.8 Å². The van der Waals surface area contributed by atoms with Crippen LogP contribution in [0.15, 0.2) is 46.9 Å². The second-order valence-electron chi connectivity index (χ2n) is 4.69. The zero-order valence-corrected chi connectivity index (χ0v) is 12.3. The molecular weight excluding hydrogens is 301 g/mol. The van der Waals surface area contributed by atoms with E-state index in [0.29, 0.717) is 22.6 Å². The molecule has 0 aliphatic rings. The minimum Gasteiger partial charge on any atom is -0.493 e. The van der Waals surface area contributed by atoms with E-state index in [-0.39, 0.29) is 24.3 Å². The average Bonchev–Trinajstić information content (AvgIpc) is 3.00. The van der Waals surface area contributed by atoms with Crippen molar-refractivity contribution in [3.63, 3.8) is 0 Å². The lowest BCUT2D eigenvalue weighted by Crippen LogP contribution is -2.00. The number of halogens is 1. The SMILES string of the molecule is COc1ccc(-c2nnc(N)o2)cc1OCc1ccccc1F. The fraction of sp³-hybridized carbons (Fsp3) is 0.125. The van der Waals surface area contributed by atoms with Crippen LogP contribution in [0.25, 0.3) is 11.5 Å². The van der Waals surface area contributed by atoms with Crippen LogP contribution in [0.2, 0.25) is 0 Å². The quantitative estimate of drug-likeness (QED) is 0.779. The molecule has 0 aliphatic carbocycles. The van der Waals surface area contributed by atoms with Gasteiger partial charge in [0.1, 0.15) is 12.4 Å². The molecule has 2 N–H and O–H groups in total. The average molecular weight is 315 g/mol. The van der Waals surface area contributed by atoms with Crippen LogP contribution < -0.4 is 15.2 Å². The van der Waals surface area contributed by atoms with E-state index in [2.05, 4.69) is 10.2 Å². The fourth-order valence-corrected chi connectivity index (χ4v) is 2.04. The molecule has 0 unspecified atom stereocenters. The Kier molecular flexibility index (Phi) is 4.09. The van der Waals surface area contributed by atoms with Crippen molar-refractivity contribution >= 4 is 6.01 Å². The first-order valence-corrected chi connectivity index (χ1v) is 6.81. The topological polar surface area (TPSA) is 83.4 Å². The molecule has 6 nitrogen and oxygen atoms in total. The second-order valence-corrected chi connectivity index (χ2v) is 4.69. The van der Waals surface area contributed by atoms with Crippen LogP contribution in [0.1, 0.15) is 5.56 Å². The number of anilines is 1. The molecular formula is C16H14FN3O3. The summed E-state index contributed by atoms with van der Waals surface area (Å²) < 4.78 is 29.8. The molecule has 0 bridgehead atoms. The molecule has 0 fully saturated rings. The van der Waals surface area contributed by atoms with E-state index >= 15 is 0 Å². The number of aromatic nitrogens is 2. The third-order valence-corrected chi connectivity index (χ3v) is 3.19. The van der Waals surface area contributed by atoms with Crippen LogP contribution in [0.4, 0.5) is 10.4 Å². The van der Waals surface area contributed by atoms with Crippen LogP contribution in [0.3, 0.4) is 0 Å². The van der Waals surface area contributed by atoms with Gasteiger partial charge in [0.15, 0.2) is 11.5 Å². The van der Waals surface area contributed by atoms with Gasteiger partial charge in [-0.1, -0.05) is 23.3 Å². The standard InChI is InChI=1S/C16H14FN3O3/c1-21-13-7-6-10(15-19-20-16(18)23-15)8-14(13)22-9-11-4-2-3-5-12(11)17/h2-8H,9H2,1H3,(H2,18,20). The summed E-state index contributed by atoms with van der Waals surface area (Å²) in [6.07, 6.45) is 0. The van der Waals surface area contributed by atoms with Gasteiger partial charge in [0.25, 0.3) is 0 Å². The Morgan fingerprint density at radius 2 is 1.96 bits per heavy atom. The van der Waals surface area contributed by atoms with Gasteiger partial charge in [-0.05, 0) is 24.3 Å². The Morgan fingerprint density at radius 1 is 1.13 bits per heavy atom. The molecule has 1 aromatic heterocycles. The normalized spacial score (nSPS) is 10.5. The molecule has 2 aromatic carbocycles. The van der Waals surface area contributed by atoms with Gasteiger partial charge in [0.05, 0.1) is 7.11 Å². The lowest BCUT2D eigenvalue weighted by molar-refractivity contribution is 0.280. The van der Waals surface area contributed by atoms with Gasteiger partial charge in [0, 0.05) is 11.1 Å². The minimum absolute atomic E-state index is 0.0235. The summed E-state index contributed by atoms with van der Waals surface area (Å²) in [4.78, 5) is 0. The van der Waals surface area contributed by atoms with Crippen molar-refractivity contribution < 1.29 is 18.3 Å². The molecule has 1 heterocycles. The summed E-state index contributed by atoms with van der Waals surface area (Å²) in [6, 6.07) is 11.5. The summed E-state index contributed by atoms with van der Waals surface area (Å²) in [5, 5.41) is 7.43. The highest BCUT2D eigenvalue weighted by Gasteiger charge is 2.12. The van der Waals surface area contributed by atoms with Gasteiger partial charge in [-0.3, -0.25) is 0 Å². The molecule has 0 amide bonds. The molecule has 0 saturated heterocycles. The summed E-state index contributed by atoms with van der Waals surface area (Å²) in [5.74, 6) is 0.885. The third kappa shape index (κ3) is 3.23. The van der Waals surface area contributed by atoms with Gasteiger partial charge in [-0.25, -0.2) is 4.39 Å². The summed E-state index contributed by atoms with van der Waals surface area (Å²) in [5.41, 5.74) is 6.49. The summed E-state index contributed by atoms with van der Waals surface area (Å²) >= 11 is 0. The molecule has 7 heteroatoms. The van der Waals surface area contributed by atoms with E-state index in [9.17, 15) is 4.39 Å². The van der Waals surface area contributed by atoms with Gasteiger partial charge in [-0.15, -0.1) is 5.10 Å². The molecule has 0 atom stereocenters. The van der Waals surface area contributed by atoms with Gasteiger partial charge in [-0.2, -0.15) is 0 Å². The van der Waals surface area contributed by atoms with Crippen LogP contribution >= 0.6 is 0 Å². The summed E-state index contributed by atoms with van der Waals surface area (Å²) in [7, 11) is 1.52. The first-order chi connectivity index (χ1) is 11.2. The van der Waals surface area contributed by atoms with Crippen molar-refractivity contribution in [3.05, 3.63) is 53.8 Å². The predicted octanol–water partition coefficient (Wildman–Crippen LogP) is 3.05. The number of benzene rings is 2. The smallest absolute Gasteiger partial charge is 0.313 e. The van der Waals surface area contributed by atoms with E-state index in [1.165, 1.54) is 13.2 Å². The van der Waals surface area contributed by atoms with Crippen LogP contribution in [0.5, 0.6) is 11.5 Å². The Labute approximate surface area is 131 Å². The third-order valence-electron chi connectivity index (χ3n) is 3.19. The number of ether oxygens (including phenoxy) is 2. The largest absolute Gasteiger partial charge is 0.493 e. The van der Waals surface area contributed by atoms with E-state index in [0.717, 1.165) is 0 Å². The molecule has 3 rings (SSSR count). The van der Waals surface area contributed by atoms with Crippen molar-refractivity contribution in [2.24, 2.45) is 0 Å². The first-order valence-electron chi connectivity index (χ1n) is 6.81. The van der Waals surface area contributed by atoms with Crippen molar-refractivity contribution in [2.45, 2.75) is 6.61 Å². The van der Waals surface area contributed by atoms with E-state index in [1.807, 2.05) is 0 Å². The van der Waals surface area contributed by atoms with Gasteiger partial charge >= 0.3 is 6.01 Å². The monoisotopic (exact) mass is 315 g/mol. The Bertz CT molecular complexity index is 820. The molecule has 0 radical (unpaired) electrons. The molecule has 0 spiro atoms. The highest BCUT2D eigenvalue weighted by Crippen LogP contribution is 2.33. The highest BCUT2D eigenvalue weighted by atomic mass is 19.1. The fourth-order valence-electron chi connectivity index (χ4n) is 2.04. The van der Waals surface area contributed by atoms with Gasteiger partial charge < -0.3 is 19.6 Å². The molecule has 0 saturated carbocycles. The molecule has 0 aliphatic heterocycles. The van der Waals surface area contributed by atoms with Crippen LogP contribution in [-0.4, -0.2) is 17.3 Å². The zero-order valence-electron chi connectivity index (χ0n) is 12.3.